The molecule has 0 amide bonds. The Balaban J connectivity index is 2.84. The maximum absolute atomic E-state index is 13.5. The number of fused-ring (bicyclic) bond motifs is 1. The van der Waals surface area contributed by atoms with Crippen molar-refractivity contribution in [3.05, 3.63) is 34.5 Å². The minimum Gasteiger partial charge on any atom is -0.205 e. The van der Waals surface area contributed by atoms with Crippen molar-refractivity contribution in [2.45, 2.75) is 12.3 Å². The van der Waals surface area contributed by atoms with Crippen LogP contribution in [-0.4, -0.2) is 0 Å². The van der Waals surface area contributed by atoms with Crippen molar-refractivity contribution in [2.75, 3.05) is 0 Å². The van der Waals surface area contributed by atoms with Gasteiger partial charge in [-0.25, -0.2) is 4.39 Å². The smallest absolute Gasteiger partial charge is 0.144 e. The standard InChI is InChI=1S/C10H8BrFS/c1-6-9(12)8-4-2-3-7(5-11)10(8)13-6/h2-4H,5H2,1H3. The van der Waals surface area contributed by atoms with Gasteiger partial charge in [-0.3, -0.25) is 0 Å². The van der Waals surface area contributed by atoms with Crippen LogP contribution in [0.1, 0.15) is 10.4 Å². The van der Waals surface area contributed by atoms with E-state index in [1.165, 1.54) is 11.3 Å². The van der Waals surface area contributed by atoms with Gasteiger partial charge in [-0.05, 0) is 12.5 Å². The van der Waals surface area contributed by atoms with Crippen LogP contribution in [0.15, 0.2) is 18.2 Å². The number of hydrogen-bond donors (Lipinski definition) is 0. The van der Waals surface area contributed by atoms with Gasteiger partial charge < -0.3 is 0 Å². The highest BCUT2D eigenvalue weighted by Crippen LogP contribution is 2.32. The highest BCUT2D eigenvalue weighted by Gasteiger charge is 2.10. The van der Waals surface area contributed by atoms with Crippen LogP contribution < -0.4 is 0 Å². The van der Waals surface area contributed by atoms with E-state index in [0.29, 0.717) is 0 Å². The maximum atomic E-state index is 13.5. The lowest BCUT2D eigenvalue weighted by Crippen LogP contribution is -1.77. The van der Waals surface area contributed by atoms with Gasteiger partial charge in [-0.15, -0.1) is 11.3 Å². The van der Waals surface area contributed by atoms with E-state index in [4.69, 9.17) is 0 Å². The molecule has 0 atom stereocenters. The second-order valence-electron chi connectivity index (χ2n) is 2.90. The molecule has 3 heteroatoms. The topological polar surface area (TPSA) is 0 Å². The second kappa shape index (κ2) is 3.39. The summed E-state index contributed by atoms with van der Waals surface area (Å²) in [5, 5.41) is 1.53. The summed E-state index contributed by atoms with van der Waals surface area (Å²) in [5.41, 5.74) is 1.16. The molecule has 0 aliphatic heterocycles. The predicted octanol–water partition coefficient (Wildman–Crippen LogP) is 4.24. The van der Waals surface area contributed by atoms with Crippen molar-refractivity contribution in [3.8, 4) is 0 Å². The molecular formula is C10H8BrFS. The number of benzene rings is 1. The van der Waals surface area contributed by atoms with Gasteiger partial charge in [0.15, 0.2) is 0 Å². The number of alkyl halides is 1. The molecule has 0 aliphatic carbocycles. The van der Waals surface area contributed by atoms with Crippen LogP contribution in [-0.2, 0) is 5.33 Å². The van der Waals surface area contributed by atoms with Crippen molar-refractivity contribution >= 4 is 37.4 Å². The van der Waals surface area contributed by atoms with Crippen molar-refractivity contribution in [1.82, 2.24) is 0 Å². The number of thiophene rings is 1. The van der Waals surface area contributed by atoms with E-state index in [1.807, 2.05) is 25.1 Å². The lowest BCUT2D eigenvalue weighted by molar-refractivity contribution is 0.636. The predicted molar refractivity (Wildman–Crippen MR) is 59.2 cm³/mol. The molecule has 0 nitrogen and oxygen atoms in total. The SMILES string of the molecule is Cc1sc2c(CBr)cccc2c1F. The molecule has 0 bridgehead atoms. The summed E-state index contributed by atoms with van der Waals surface area (Å²) in [6.07, 6.45) is 0. The van der Waals surface area contributed by atoms with E-state index in [1.54, 1.807) is 0 Å². The third-order valence-corrected chi connectivity index (χ3v) is 3.82. The van der Waals surface area contributed by atoms with E-state index < -0.39 is 0 Å². The zero-order valence-electron chi connectivity index (χ0n) is 7.10. The van der Waals surface area contributed by atoms with Gasteiger partial charge in [0.05, 0.1) is 0 Å². The van der Waals surface area contributed by atoms with E-state index in [2.05, 4.69) is 15.9 Å². The van der Waals surface area contributed by atoms with E-state index >= 15 is 0 Å². The molecule has 0 saturated carbocycles. The third-order valence-electron chi connectivity index (χ3n) is 2.04. The molecule has 1 heterocycles. The molecule has 0 radical (unpaired) electrons. The van der Waals surface area contributed by atoms with Crippen molar-refractivity contribution in [3.63, 3.8) is 0 Å². The molecule has 0 unspecified atom stereocenters. The minimum atomic E-state index is -0.0669. The number of aryl methyl sites for hydroxylation is 1. The van der Waals surface area contributed by atoms with Crippen LogP contribution in [0.2, 0.25) is 0 Å². The molecule has 1 aromatic heterocycles. The van der Waals surface area contributed by atoms with Crippen LogP contribution in [0.5, 0.6) is 0 Å². The summed E-state index contributed by atoms with van der Waals surface area (Å²) < 4.78 is 14.5. The lowest BCUT2D eigenvalue weighted by atomic mass is 10.2. The summed E-state index contributed by atoms with van der Waals surface area (Å²) in [6, 6.07) is 5.75. The Hall–Kier alpha value is -0.410. The van der Waals surface area contributed by atoms with Gasteiger partial charge in [0.25, 0.3) is 0 Å². The first kappa shape index (κ1) is 9.16. The molecule has 0 saturated heterocycles. The Bertz CT molecular complexity index is 447. The van der Waals surface area contributed by atoms with Gasteiger partial charge in [0.1, 0.15) is 5.82 Å². The first-order chi connectivity index (χ1) is 6.24. The van der Waals surface area contributed by atoms with Crippen molar-refractivity contribution < 1.29 is 4.39 Å². The Labute approximate surface area is 88.5 Å². The molecule has 1 aromatic carbocycles. The van der Waals surface area contributed by atoms with Crippen LogP contribution in [0, 0.1) is 12.7 Å². The Kier molecular flexibility index (Phi) is 2.39. The summed E-state index contributed by atoms with van der Waals surface area (Å²) in [4.78, 5) is 0.767. The van der Waals surface area contributed by atoms with Gasteiger partial charge in [-0.2, -0.15) is 0 Å². The fourth-order valence-corrected chi connectivity index (χ4v) is 3.07. The van der Waals surface area contributed by atoms with Crippen LogP contribution >= 0.6 is 27.3 Å². The number of hydrogen-bond acceptors (Lipinski definition) is 1. The Morgan fingerprint density at radius 1 is 1.46 bits per heavy atom. The summed E-state index contributed by atoms with van der Waals surface area (Å²) in [5.74, 6) is -0.0669. The van der Waals surface area contributed by atoms with Crippen molar-refractivity contribution in [1.29, 1.82) is 0 Å². The molecule has 0 fully saturated rings. The van der Waals surface area contributed by atoms with E-state index in [9.17, 15) is 4.39 Å². The normalized spacial score (nSPS) is 11.0. The number of halogens is 2. The maximum Gasteiger partial charge on any atom is 0.144 e. The highest BCUT2D eigenvalue weighted by atomic mass is 79.9. The molecule has 0 N–H and O–H groups in total. The van der Waals surface area contributed by atoms with Gasteiger partial charge in [-0.1, -0.05) is 34.1 Å². The first-order valence-electron chi connectivity index (χ1n) is 3.96. The highest BCUT2D eigenvalue weighted by molar-refractivity contribution is 9.08. The van der Waals surface area contributed by atoms with Crippen LogP contribution in [0.3, 0.4) is 0 Å². The quantitative estimate of drug-likeness (QED) is 0.672. The molecule has 13 heavy (non-hydrogen) atoms. The van der Waals surface area contributed by atoms with E-state index in [-0.39, 0.29) is 5.82 Å². The summed E-state index contributed by atoms with van der Waals surface area (Å²) >= 11 is 4.92. The van der Waals surface area contributed by atoms with Crippen LogP contribution in [0.4, 0.5) is 4.39 Å². The molecule has 2 rings (SSSR count). The van der Waals surface area contributed by atoms with Gasteiger partial charge in [0, 0.05) is 20.3 Å². The largest absolute Gasteiger partial charge is 0.205 e. The molecule has 0 aliphatic rings. The average molecular weight is 259 g/mol. The average Bonchev–Trinajstić information content (AvgIpc) is 2.43. The Morgan fingerprint density at radius 2 is 2.23 bits per heavy atom. The third kappa shape index (κ3) is 1.40. The monoisotopic (exact) mass is 258 g/mol. The molecule has 0 spiro atoms. The Morgan fingerprint density at radius 3 is 2.92 bits per heavy atom. The first-order valence-corrected chi connectivity index (χ1v) is 5.90. The molecule has 2 aromatic rings. The fraction of sp³-hybridized carbons (Fsp3) is 0.200. The van der Waals surface area contributed by atoms with Gasteiger partial charge in [0.2, 0.25) is 0 Å². The van der Waals surface area contributed by atoms with Crippen LogP contribution in [0.25, 0.3) is 10.1 Å². The molecule has 68 valence electrons. The zero-order chi connectivity index (χ0) is 9.42. The lowest BCUT2D eigenvalue weighted by Gasteiger charge is -1.95. The summed E-state index contributed by atoms with van der Waals surface area (Å²) in [7, 11) is 0. The van der Waals surface area contributed by atoms with Gasteiger partial charge >= 0.3 is 0 Å². The second-order valence-corrected chi connectivity index (χ2v) is 4.69. The fourth-order valence-electron chi connectivity index (χ4n) is 1.37. The van der Waals surface area contributed by atoms with E-state index in [0.717, 1.165) is 25.9 Å². The number of rotatable bonds is 1. The zero-order valence-corrected chi connectivity index (χ0v) is 9.51. The van der Waals surface area contributed by atoms with Crippen molar-refractivity contribution in [2.24, 2.45) is 0 Å². The molecular weight excluding hydrogens is 251 g/mol. The minimum absolute atomic E-state index is 0.0669. The summed E-state index contributed by atoms with van der Waals surface area (Å²) in [6.45, 7) is 1.82.